The van der Waals surface area contributed by atoms with E-state index in [4.69, 9.17) is 4.43 Å². The number of hydrogen-bond donors (Lipinski definition) is 0. The maximum Gasteiger partial charge on any atom is 0.534 e. The van der Waals surface area contributed by atoms with Crippen molar-refractivity contribution in [3.05, 3.63) is 119 Å². The van der Waals surface area contributed by atoms with Crippen LogP contribution < -0.4 is 19.0 Å². The summed E-state index contributed by atoms with van der Waals surface area (Å²) in [5.41, 5.74) is -7.30. The number of rotatable bonds is 9. The van der Waals surface area contributed by atoms with Crippen LogP contribution >= 0.6 is 0 Å². The van der Waals surface area contributed by atoms with Gasteiger partial charge in [-0.2, -0.15) is 21.6 Å². The van der Waals surface area contributed by atoms with Gasteiger partial charge in [-0.3, -0.25) is 4.90 Å². The quantitative estimate of drug-likeness (QED) is 0.0751. The Morgan fingerprint density at radius 3 is 1.76 bits per heavy atom. The normalized spacial score (nSPS) is 17.7. The van der Waals surface area contributed by atoms with Crippen LogP contribution in [0.4, 0.5) is 26.3 Å². The zero-order chi connectivity index (χ0) is 36.9. The van der Waals surface area contributed by atoms with Crippen LogP contribution in [0.1, 0.15) is 64.3 Å². The maximum atomic E-state index is 16.6. The number of fused-ring (bicyclic) bond motifs is 1. The average Bonchev–Trinajstić information content (AvgIpc) is 3.00. The van der Waals surface area contributed by atoms with E-state index in [1.54, 1.807) is 11.8 Å². The van der Waals surface area contributed by atoms with Gasteiger partial charge in [-0.05, 0) is 65.9 Å². The first-order valence-electron chi connectivity index (χ1n) is 16.0. The van der Waals surface area contributed by atoms with Crippen LogP contribution in [-0.2, 0) is 16.5 Å². The average molecular weight is 736 g/mol. The van der Waals surface area contributed by atoms with Crippen molar-refractivity contribution in [3.8, 4) is 11.5 Å². The number of benzene rings is 4. The first kappa shape index (κ1) is 37.4. The van der Waals surface area contributed by atoms with Crippen LogP contribution in [0.15, 0.2) is 91.0 Å². The minimum atomic E-state index is -5.97. The lowest BCUT2D eigenvalue weighted by Crippen LogP contribution is -2.68. The fourth-order valence-electron chi connectivity index (χ4n) is 6.83. The summed E-state index contributed by atoms with van der Waals surface area (Å²) in [6, 6.07) is 22.9. The first-order valence-corrected chi connectivity index (χ1v) is 19.3. The minimum absolute atomic E-state index is 0.0411. The van der Waals surface area contributed by atoms with Gasteiger partial charge in [0.15, 0.2) is 0 Å². The Morgan fingerprint density at radius 2 is 1.30 bits per heavy atom. The molecule has 1 heterocycles. The van der Waals surface area contributed by atoms with Gasteiger partial charge >= 0.3 is 23.9 Å². The van der Waals surface area contributed by atoms with E-state index < -0.39 is 69.7 Å². The third-order valence-corrected chi connectivity index (χ3v) is 14.8. The van der Waals surface area contributed by atoms with Crippen LogP contribution in [0.5, 0.6) is 11.5 Å². The van der Waals surface area contributed by atoms with Gasteiger partial charge in [-0.15, -0.1) is 0 Å². The molecule has 0 unspecified atom stereocenters. The zero-order valence-corrected chi connectivity index (χ0v) is 30.3. The Bertz CT molecular complexity index is 1880. The van der Waals surface area contributed by atoms with Crippen molar-refractivity contribution in [2.24, 2.45) is 0 Å². The predicted molar refractivity (Wildman–Crippen MR) is 184 cm³/mol. The Kier molecular flexibility index (Phi) is 10.0. The molecule has 0 N–H and O–H groups in total. The predicted octanol–water partition coefficient (Wildman–Crippen LogP) is 8.22. The van der Waals surface area contributed by atoms with Crippen molar-refractivity contribution in [3.63, 3.8) is 0 Å². The van der Waals surface area contributed by atoms with Crippen LogP contribution in [0.25, 0.3) is 0 Å². The van der Waals surface area contributed by atoms with Crippen molar-refractivity contribution in [2.75, 3.05) is 6.54 Å². The van der Waals surface area contributed by atoms with E-state index in [0.717, 1.165) is 34.6 Å². The molecule has 4 aromatic carbocycles. The second-order valence-corrected chi connectivity index (χ2v) is 20.0. The molecular weight excluding hydrogens is 697 g/mol. The van der Waals surface area contributed by atoms with E-state index in [-0.39, 0.29) is 24.3 Å². The van der Waals surface area contributed by atoms with E-state index in [9.17, 15) is 21.6 Å². The summed E-state index contributed by atoms with van der Waals surface area (Å²) in [5.74, 6) is -2.59. The molecule has 2 atom stereocenters. The summed E-state index contributed by atoms with van der Waals surface area (Å²) in [5, 5.41) is 1.27. The smallest absolute Gasteiger partial charge is 0.534 e. The van der Waals surface area contributed by atoms with Gasteiger partial charge in [-0.25, -0.2) is 13.2 Å². The molecule has 0 amide bonds. The van der Waals surface area contributed by atoms with E-state index in [1.165, 1.54) is 19.9 Å². The van der Waals surface area contributed by atoms with Gasteiger partial charge in [0.05, 0.1) is 6.04 Å². The zero-order valence-electron chi connectivity index (χ0n) is 28.5. The molecule has 1 aliphatic rings. The highest BCUT2D eigenvalue weighted by Crippen LogP contribution is 2.44. The summed E-state index contributed by atoms with van der Waals surface area (Å²) in [4.78, 5) is 1.60. The fourth-order valence-corrected chi connectivity index (χ4v) is 11.7. The Morgan fingerprint density at radius 1 is 0.780 bits per heavy atom. The van der Waals surface area contributed by atoms with E-state index in [0.29, 0.717) is 5.56 Å². The summed E-state index contributed by atoms with van der Waals surface area (Å²) in [6.07, 6.45) is 0.115. The molecule has 0 spiro atoms. The fraction of sp³-hybridized carbons (Fsp3) is 0.351. The van der Waals surface area contributed by atoms with Gasteiger partial charge in [-0.1, -0.05) is 87.5 Å². The van der Waals surface area contributed by atoms with Crippen LogP contribution in [0.2, 0.25) is 5.04 Å². The Balaban J connectivity index is 1.65. The molecule has 1 aliphatic heterocycles. The Hall–Kier alpha value is -3.81. The van der Waals surface area contributed by atoms with Gasteiger partial charge in [0.1, 0.15) is 28.8 Å². The van der Waals surface area contributed by atoms with Crippen LogP contribution in [-0.4, -0.2) is 45.4 Å². The van der Waals surface area contributed by atoms with Gasteiger partial charge in [0.2, 0.25) is 0 Å². The summed E-state index contributed by atoms with van der Waals surface area (Å²) < 4.78 is 122. The monoisotopic (exact) mass is 735 g/mol. The molecule has 268 valence electrons. The van der Waals surface area contributed by atoms with Crippen molar-refractivity contribution >= 4 is 28.8 Å². The molecule has 0 saturated heterocycles. The standard InChI is InChI=1S/C37H39F6NO4SSi/c1-24-19-25-20-26(47-49(45,46)37(41,42)43)17-18-30(25)34(44(24)23-36(5,6)40)33-31(38)21-27(22-32(33)39)48-50(35(2,3)4,28-13-9-7-10-14-28)29-15-11-8-12-16-29/h7-18,20-22,24,34H,19,23H2,1-6H3/t24-,34+/m1/s1. The number of hydrogen-bond acceptors (Lipinski definition) is 5. The molecular formula is C37H39F6NO4SSi. The highest BCUT2D eigenvalue weighted by molar-refractivity contribution is 7.88. The lowest BCUT2D eigenvalue weighted by Gasteiger charge is -2.44. The molecule has 4 aromatic rings. The van der Waals surface area contributed by atoms with Crippen molar-refractivity contribution in [1.29, 1.82) is 0 Å². The maximum absolute atomic E-state index is 16.6. The summed E-state index contributed by atoms with van der Waals surface area (Å²) in [6.45, 7) is 10.2. The molecule has 0 saturated carbocycles. The molecule has 0 aliphatic carbocycles. The van der Waals surface area contributed by atoms with Crippen molar-refractivity contribution < 1.29 is 43.4 Å². The first-order chi connectivity index (χ1) is 23.1. The van der Waals surface area contributed by atoms with Gasteiger partial charge in [0.25, 0.3) is 0 Å². The van der Waals surface area contributed by atoms with Gasteiger partial charge < -0.3 is 8.61 Å². The second kappa shape index (κ2) is 13.4. The van der Waals surface area contributed by atoms with Crippen LogP contribution in [0.3, 0.4) is 0 Å². The minimum Gasteiger partial charge on any atom is -0.534 e. The topological polar surface area (TPSA) is 55.8 Å². The molecule has 5 nitrogen and oxygen atoms in total. The Labute approximate surface area is 290 Å². The van der Waals surface area contributed by atoms with Crippen LogP contribution in [0, 0.1) is 11.6 Å². The largest absolute Gasteiger partial charge is 0.534 e. The molecule has 0 aromatic heterocycles. The molecule has 5 rings (SSSR count). The molecule has 0 bridgehead atoms. The van der Waals surface area contributed by atoms with Crippen molar-refractivity contribution in [2.45, 2.75) is 76.3 Å². The second-order valence-electron chi connectivity index (χ2n) is 14.3. The third kappa shape index (κ3) is 7.31. The lowest BCUT2D eigenvalue weighted by molar-refractivity contribution is -0.0500. The van der Waals surface area contributed by atoms with E-state index >= 15 is 13.2 Å². The summed E-state index contributed by atoms with van der Waals surface area (Å²) >= 11 is 0. The van der Waals surface area contributed by atoms with Gasteiger partial charge in [0, 0.05) is 30.3 Å². The third-order valence-electron chi connectivity index (χ3n) is 8.88. The SMILES string of the molecule is C[C@@H]1Cc2cc(OS(=O)(=O)C(F)(F)F)ccc2[C@@H](c2c(F)cc(O[Si](c3ccccc3)(c3ccccc3)C(C)(C)C)cc2F)N1CC(C)(C)F. The van der Waals surface area contributed by atoms with Crippen molar-refractivity contribution in [1.82, 2.24) is 4.90 Å². The highest BCUT2D eigenvalue weighted by atomic mass is 32.2. The number of halogens is 6. The molecule has 50 heavy (non-hydrogen) atoms. The molecule has 0 fully saturated rings. The van der Waals surface area contributed by atoms with E-state index in [1.807, 2.05) is 81.4 Å². The number of alkyl halides is 4. The number of nitrogens with zero attached hydrogens (tertiary/aromatic N) is 1. The van der Waals surface area contributed by atoms with E-state index in [2.05, 4.69) is 4.18 Å². The molecule has 13 heteroatoms. The molecule has 0 radical (unpaired) electrons. The lowest BCUT2D eigenvalue weighted by atomic mass is 9.83. The summed E-state index contributed by atoms with van der Waals surface area (Å²) in [7, 11) is -9.25. The highest BCUT2D eigenvalue weighted by Gasteiger charge is 2.52.